The van der Waals surface area contributed by atoms with Crippen molar-refractivity contribution in [3.05, 3.63) is 94.4 Å². The van der Waals surface area contributed by atoms with E-state index in [1.165, 1.54) is 51.9 Å². The summed E-state index contributed by atoms with van der Waals surface area (Å²) in [5.74, 6) is 0.315. The molecule has 0 unspecified atom stereocenters. The number of allylic oxidation sites excluding steroid dienone is 8. The van der Waals surface area contributed by atoms with E-state index in [2.05, 4.69) is 122 Å². The fraction of sp³-hybridized carbons (Fsp3) is 0.568. The van der Waals surface area contributed by atoms with Crippen LogP contribution in [0.5, 0.6) is 0 Å². The molecule has 0 aliphatic carbocycles. The normalized spacial score (nSPS) is 12.8. The molecule has 0 aliphatic heterocycles. The highest BCUT2D eigenvalue weighted by Crippen LogP contribution is 2.35. The van der Waals surface area contributed by atoms with E-state index < -0.39 is 11.7 Å². The number of halogens is 4. The minimum atomic E-state index is -4.19. The van der Waals surface area contributed by atoms with Gasteiger partial charge in [0.25, 0.3) is 0 Å². The number of hydrogen-bond donors (Lipinski definition) is 1. The zero-order valence-corrected chi connectivity index (χ0v) is 34.6. The maximum absolute atomic E-state index is 11.1. The van der Waals surface area contributed by atoms with Gasteiger partial charge in [-0.25, -0.2) is 0 Å². The smallest absolute Gasteiger partial charge is 0.381 e. The second-order valence-electron chi connectivity index (χ2n) is 12.7. The summed E-state index contributed by atoms with van der Waals surface area (Å²) in [5, 5.41) is 2.08. The Morgan fingerprint density at radius 1 is 0.902 bits per heavy atom. The van der Waals surface area contributed by atoms with Crippen LogP contribution in [0.25, 0.3) is 10.9 Å². The van der Waals surface area contributed by atoms with Gasteiger partial charge in [0.1, 0.15) is 0 Å². The van der Waals surface area contributed by atoms with E-state index in [9.17, 15) is 13.2 Å². The maximum Gasteiger partial charge on any atom is 0.411 e. The molecule has 3 nitrogen and oxygen atoms in total. The Kier molecular flexibility index (Phi) is 29.3. The lowest BCUT2D eigenvalue weighted by molar-refractivity contribution is -0.0909. The molecule has 51 heavy (non-hydrogen) atoms. The van der Waals surface area contributed by atoms with Crippen LogP contribution in [0.1, 0.15) is 151 Å². The van der Waals surface area contributed by atoms with Crippen LogP contribution >= 0.6 is 11.6 Å². The molecule has 0 spiro atoms. The number of nitrogens with one attached hydrogen (secondary N) is 1. The van der Waals surface area contributed by atoms with Gasteiger partial charge in [0.15, 0.2) is 0 Å². The first-order valence-corrected chi connectivity index (χ1v) is 19.3. The van der Waals surface area contributed by atoms with Crippen LogP contribution in [-0.2, 0) is 11.2 Å². The molecule has 0 amide bonds. The molecule has 0 bridgehead atoms. The van der Waals surface area contributed by atoms with Gasteiger partial charge in [-0.3, -0.25) is 4.99 Å². The number of ether oxygens (including phenoxy) is 1. The Bertz CT molecular complexity index is 1370. The number of aryl methyl sites for hydroxylation is 1. The van der Waals surface area contributed by atoms with Crippen molar-refractivity contribution in [2.45, 2.75) is 152 Å². The van der Waals surface area contributed by atoms with Crippen molar-refractivity contribution < 1.29 is 17.9 Å². The van der Waals surface area contributed by atoms with Crippen molar-refractivity contribution in [3.63, 3.8) is 0 Å². The van der Waals surface area contributed by atoms with Crippen LogP contribution in [0.3, 0.4) is 0 Å². The lowest BCUT2D eigenvalue weighted by Gasteiger charge is -2.15. The van der Waals surface area contributed by atoms with E-state index in [0.717, 1.165) is 82.2 Å². The Morgan fingerprint density at radius 3 is 1.98 bits per heavy atom. The number of alkyl halides is 3. The number of hydrogen-bond acceptors (Lipinski definition) is 2. The van der Waals surface area contributed by atoms with E-state index >= 15 is 0 Å². The van der Waals surface area contributed by atoms with E-state index in [4.69, 9.17) is 16.3 Å². The van der Waals surface area contributed by atoms with Crippen LogP contribution < -0.4 is 0 Å². The predicted molar refractivity (Wildman–Crippen MR) is 222 cm³/mol. The summed E-state index contributed by atoms with van der Waals surface area (Å²) >= 11 is 6.30. The second kappa shape index (κ2) is 29.7. The van der Waals surface area contributed by atoms with E-state index in [1.807, 2.05) is 13.0 Å². The van der Waals surface area contributed by atoms with Crippen molar-refractivity contribution in [3.8, 4) is 0 Å². The molecule has 1 heterocycles. The van der Waals surface area contributed by atoms with Gasteiger partial charge in [-0.15, -0.1) is 0 Å². The van der Waals surface area contributed by atoms with Crippen LogP contribution in [0.4, 0.5) is 13.2 Å². The van der Waals surface area contributed by atoms with E-state index in [1.54, 1.807) is 0 Å². The highest BCUT2D eigenvalue weighted by atomic mass is 35.5. The summed E-state index contributed by atoms with van der Waals surface area (Å²) in [7, 11) is 0. The molecule has 0 saturated heterocycles. The van der Waals surface area contributed by atoms with Gasteiger partial charge < -0.3 is 9.72 Å². The molecular weight excluding hydrogens is 665 g/mol. The van der Waals surface area contributed by atoms with Crippen LogP contribution in [0.15, 0.2) is 83.1 Å². The monoisotopic (exact) mass is 735 g/mol. The molecule has 0 aliphatic rings. The Labute approximate surface area is 315 Å². The quantitative estimate of drug-likeness (QED) is 0.0747. The highest BCUT2D eigenvalue weighted by molar-refractivity contribution is 6.31. The van der Waals surface area contributed by atoms with Crippen LogP contribution in [0, 0.1) is 0 Å². The number of aromatic nitrogens is 1. The fourth-order valence-corrected chi connectivity index (χ4v) is 4.72. The number of nitrogens with zero attached hydrogens (tertiary/aromatic N) is 1. The van der Waals surface area contributed by atoms with Crippen molar-refractivity contribution >= 4 is 28.2 Å². The van der Waals surface area contributed by atoms with E-state index in [0.29, 0.717) is 5.92 Å². The maximum atomic E-state index is 11.1. The lowest BCUT2D eigenvalue weighted by Crippen LogP contribution is -2.06. The van der Waals surface area contributed by atoms with Crippen molar-refractivity contribution in [2.24, 2.45) is 4.99 Å². The van der Waals surface area contributed by atoms with E-state index in [-0.39, 0.29) is 0 Å². The largest absolute Gasteiger partial charge is 0.411 e. The SMILES string of the molecule is C=C(/C=C\C(=C/CCC)[C@H](C)c1[nH]c2ccc(Cl)cc2c1CCCC)CC.C=C(C)C(F)(F)F.CC/C=C(\C)N=C(C)CC.CCCOCCC. The third-order valence-corrected chi connectivity index (χ3v) is 8.04. The second-order valence-corrected chi connectivity index (χ2v) is 13.2. The van der Waals surface area contributed by atoms with Crippen molar-refractivity contribution in [1.29, 1.82) is 0 Å². The summed E-state index contributed by atoms with van der Waals surface area (Å²) in [5.41, 5.74) is 8.06. The molecule has 0 radical (unpaired) electrons. The molecule has 1 N–H and O–H groups in total. The van der Waals surface area contributed by atoms with Gasteiger partial charge in [0.05, 0.1) is 0 Å². The summed E-state index contributed by atoms with van der Waals surface area (Å²) < 4.78 is 38.4. The third-order valence-electron chi connectivity index (χ3n) is 7.81. The van der Waals surface area contributed by atoms with Gasteiger partial charge in [0, 0.05) is 57.7 Å². The number of aromatic amines is 1. The first kappa shape index (κ1) is 50.3. The summed E-state index contributed by atoms with van der Waals surface area (Å²) in [4.78, 5) is 8.07. The first-order chi connectivity index (χ1) is 24.1. The number of benzene rings is 1. The topological polar surface area (TPSA) is 37.4 Å². The van der Waals surface area contributed by atoms with Gasteiger partial charge in [-0.05, 0) is 101 Å². The van der Waals surface area contributed by atoms with Gasteiger partial charge in [-0.2, -0.15) is 13.2 Å². The summed E-state index contributed by atoms with van der Waals surface area (Å²) in [6.45, 7) is 31.1. The molecular formula is C44H70ClF3N2O. The molecule has 1 aromatic carbocycles. The molecule has 2 rings (SSSR count). The van der Waals surface area contributed by atoms with Crippen LogP contribution in [-0.4, -0.2) is 30.1 Å². The number of unbranched alkanes of at least 4 members (excludes halogenated alkanes) is 2. The van der Waals surface area contributed by atoms with Crippen molar-refractivity contribution in [2.75, 3.05) is 13.2 Å². The molecule has 290 valence electrons. The summed E-state index contributed by atoms with van der Waals surface area (Å²) in [6, 6.07) is 6.18. The average molecular weight is 736 g/mol. The predicted octanol–water partition coefficient (Wildman–Crippen LogP) is 15.6. The van der Waals surface area contributed by atoms with Gasteiger partial charge >= 0.3 is 6.18 Å². The van der Waals surface area contributed by atoms with Crippen molar-refractivity contribution in [1.82, 2.24) is 4.98 Å². The first-order valence-electron chi connectivity index (χ1n) is 18.9. The Morgan fingerprint density at radius 2 is 1.51 bits per heavy atom. The van der Waals surface area contributed by atoms with Gasteiger partial charge in [-0.1, -0.05) is 123 Å². The molecule has 0 fully saturated rings. The highest BCUT2D eigenvalue weighted by Gasteiger charge is 2.27. The Balaban J connectivity index is 0. The minimum Gasteiger partial charge on any atom is -0.381 e. The molecule has 1 atom stereocenters. The van der Waals surface area contributed by atoms with Crippen LogP contribution in [0.2, 0.25) is 5.02 Å². The number of H-pyrrole nitrogens is 1. The number of fused-ring (bicyclic) bond motifs is 1. The lowest BCUT2D eigenvalue weighted by atomic mass is 9.90. The zero-order chi connectivity index (χ0) is 39.4. The molecule has 2 aromatic rings. The standard InChI is InChI=1S/C25H34ClN.C9H17N.C6H14O.C4H5F3/c1-6-9-11-20(14-13-18(4)8-3)19(5)25-22(12-10-7-2)23-17-21(26)15-16-24(23)27-25;1-5-7-9(4)10-8(3)6-2;1-3-5-7-6-4-2;1-3(2)4(5,6)7/h11,13-17,19,27H,4,6-10,12H2,1-3,5H3;7H,5-6H2,1-4H3;3-6H2,1-2H3;1H2,2H3/b14-13-,20-11+;9-7+,10-8?;;/t19-;;;/m0.../s1. The summed E-state index contributed by atoms with van der Waals surface area (Å²) in [6.07, 6.45) is 15.9. The third kappa shape index (κ3) is 23.4. The molecule has 1 aromatic heterocycles. The Hall–Kier alpha value is -2.83. The molecule has 0 saturated carbocycles. The minimum absolute atomic E-state index is 0.315. The number of aliphatic imine (C=N–C) groups is 1. The number of rotatable bonds is 17. The van der Waals surface area contributed by atoms with Gasteiger partial charge in [0.2, 0.25) is 0 Å². The zero-order valence-electron chi connectivity index (χ0n) is 33.9. The average Bonchev–Trinajstić information content (AvgIpc) is 3.44. The fourth-order valence-electron chi connectivity index (χ4n) is 4.54. The molecule has 7 heteroatoms.